The molecule has 2 aromatic rings. The van der Waals surface area contributed by atoms with E-state index >= 15 is 0 Å². The quantitative estimate of drug-likeness (QED) is 0.462. The van der Waals surface area contributed by atoms with Crippen LogP contribution in [0.25, 0.3) is 0 Å². The molecule has 0 saturated heterocycles. The first kappa shape index (κ1) is 17.1. The van der Waals surface area contributed by atoms with Gasteiger partial charge in [-0.2, -0.15) is 0 Å². The van der Waals surface area contributed by atoms with Gasteiger partial charge in [-0.15, -0.1) is 11.3 Å². The summed E-state index contributed by atoms with van der Waals surface area (Å²) < 4.78 is 10.5. The molecule has 0 aliphatic rings. The molecule has 0 fully saturated rings. The largest absolute Gasteiger partial charge is 0.497 e. The molecule has 7 heteroatoms. The minimum Gasteiger partial charge on any atom is -0.497 e. The Morgan fingerprint density at radius 2 is 2.17 bits per heavy atom. The summed E-state index contributed by atoms with van der Waals surface area (Å²) >= 11 is 1.68. The predicted molar refractivity (Wildman–Crippen MR) is 94.8 cm³/mol. The van der Waals surface area contributed by atoms with E-state index < -0.39 is 0 Å². The standard InChI is InChI=1S/C16H22N4O2S/c1-11-10-23-15(19-11)5-4-8-18-16(17)20-13-9-12(21-2)6-7-14(13)22-3/h6-7,9-10H,4-5,8H2,1-3H3,(H3,17,18,20). The fourth-order valence-electron chi connectivity index (χ4n) is 2.04. The van der Waals surface area contributed by atoms with Gasteiger partial charge in [-0.05, 0) is 25.5 Å². The Kier molecular flexibility index (Phi) is 6.22. The topological polar surface area (TPSA) is 81.8 Å². The van der Waals surface area contributed by atoms with Crippen LogP contribution in [0.15, 0.2) is 28.6 Å². The average Bonchev–Trinajstić information content (AvgIpc) is 2.97. The molecule has 0 saturated carbocycles. The highest BCUT2D eigenvalue weighted by molar-refractivity contribution is 7.09. The number of guanidine groups is 1. The molecular weight excluding hydrogens is 312 g/mol. The number of hydrogen-bond donors (Lipinski definition) is 2. The van der Waals surface area contributed by atoms with Crippen LogP contribution in [-0.2, 0) is 6.42 Å². The van der Waals surface area contributed by atoms with Gasteiger partial charge in [-0.1, -0.05) is 0 Å². The van der Waals surface area contributed by atoms with Crippen LogP contribution in [0, 0.1) is 6.92 Å². The fourth-order valence-corrected chi connectivity index (χ4v) is 2.85. The highest BCUT2D eigenvalue weighted by Gasteiger charge is 2.06. The van der Waals surface area contributed by atoms with Crippen molar-refractivity contribution in [3.8, 4) is 11.5 Å². The van der Waals surface area contributed by atoms with Crippen molar-refractivity contribution >= 4 is 23.0 Å². The molecule has 0 unspecified atom stereocenters. The molecule has 1 heterocycles. The molecule has 0 radical (unpaired) electrons. The van der Waals surface area contributed by atoms with Crippen molar-refractivity contribution in [2.75, 3.05) is 26.1 Å². The van der Waals surface area contributed by atoms with Crippen LogP contribution in [0.4, 0.5) is 5.69 Å². The number of nitrogens with zero attached hydrogens (tertiary/aromatic N) is 2. The maximum atomic E-state index is 5.93. The van der Waals surface area contributed by atoms with Crippen LogP contribution in [0.1, 0.15) is 17.1 Å². The normalized spacial score (nSPS) is 11.3. The smallest absolute Gasteiger partial charge is 0.193 e. The van der Waals surface area contributed by atoms with Gasteiger partial charge in [-0.3, -0.25) is 4.99 Å². The minimum atomic E-state index is 0.354. The van der Waals surface area contributed by atoms with Crippen LogP contribution in [0.2, 0.25) is 0 Å². The second kappa shape index (κ2) is 8.38. The fraction of sp³-hybridized carbons (Fsp3) is 0.375. The Labute approximate surface area is 140 Å². The number of thiazole rings is 1. The van der Waals surface area contributed by atoms with E-state index in [1.807, 2.05) is 25.1 Å². The monoisotopic (exact) mass is 334 g/mol. The van der Waals surface area contributed by atoms with Gasteiger partial charge in [0.1, 0.15) is 11.5 Å². The molecule has 0 aliphatic carbocycles. The number of anilines is 1. The molecule has 0 atom stereocenters. The number of benzene rings is 1. The zero-order valence-electron chi connectivity index (χ0n) is 13.6. The number of aryl methyl sites for hydroxylation is 2. The summed E-state index contributed by atoms with van der Waals surface area (Å²) in [5, 5.41) is 6.25. The summed E-state index contributed by atoms with van der Waals surface area (Å²) in [5.74, 6) is 1.76. The summed E-state index contributed by atoms with van der Waals surface area (Å²) in [7, 11) is 3.22. The Balaban J connectivity index is 1.89. The van der Waals surface area contributed by atoms with Crippen LogP contribution < -0.4 is 20.5 Å². The summed E-state index contributed by atoms with van der Waals surface area (Å²) in [6, 6.07) is 5.46. The van der Waals surface area contributed by atoms with Crippen molar-refractivity contribution < 1.29 is 9.47 Å². The molecule has 0 bridgehead atoms. The Hall–Kier alpha value is -2.28. The molecule has 23 heavy (non-hydrogen) atoms. The van der Waals surface area contributed by atoms with Gasteiger partial charge < -0.3 is 20.5 Å². The number of methoxy groups -OCH3 is 2. The van der Waals surface area contributed by atoms with Gasteiger partial charge in [0.2, 0.25) is 0 Å². The molecule has 0 aliphatic heterocycles. The predicted octanol–water partition coefficient (Wildman–Crippen LogP) is 2.83. The lowest BCUT2D eigenvalue weighted by molar-refractivity contribution is 0.405. The van der Waals surface area contributed by atoms with E-state index in [0.29, 0.717) is 18.3 Å². The van der Waals surface area contributed by atoms with Crippen LogP contribution in [-0.4, -0.2) is 31.7 Å². The van der Waals surface area contributed by atoms with Crippen LogP contribution in [0.3, 0.4) is 0 Å². The number of nitrogens with one attached hydrogen (secondary N) is 1. The SMILES string of the molecule is COc1ccc(OC)c(NC(N)=NCCCc2nc(C)cs2)c1. The first-order chi connectivity index (χ1) is 11.1. The van der Waals surface area contributed by atoms with Gasteiger partial charge in [-0.25, -0.2) is 4.98 Å². The third-order valence-electron chi connectivity index (χ3n) is 3.17. The molecule has 6 nitrogen and oxygen atoms in total. The Morgan fingerprint density at radius 1 is 1.35 bits per heavy atom. The lowest BCUT2D eigenvalue weighted by atomic mass is 10.2. The van der Waals surface area contributed by atoms with E-state index in [1.54, 1.807) is 25.6 Å². The number of ether oxygens (including phenoxy) is 2. The van der Waals surface area contributed by atoms with Crippen molar-refractivity contribution in [3.63, 3.8) is 0 Å². The highest BCUT2D eigenvalue weighted by atomic mass is 32.1. The summed E-state index contributed by atoms with van der Waals surface area (Å²) in [5.41, 5.74) is 7.73. The van der Waals surface area contributed by atoms with Crippen LogP contribution >= 0.6 is 11.3 Å². The molecule has 124 valence electrons. The van der Waals surface area contributed by atoms with E-state index in [2.05, 4.69) is 20.7 Å². The van der Waals surface area contributed by atoms with E-state index in [9.17, 15) is 0 Å². The van der Waals surface area contributed by atoms with Crippen LogP contribution in [0.5, 0.6) is 11.5 Å². The number of rotatable bonds is 7. The van der Waals surface area contributed by atoms with E-state index in [0.717, 1.165) is 35.0 Å². The lowest BCUT2D eigenvalue weighted by Crippen LogP contribution is -2.23. The van der Waals surface area contributed by atoms with Gasteiger partial charge in [0.15, 0.2) is 5.96 Å². The van der Waals surface area contributed by atoms with Crippen molar-refractivity contribution in [2.45, 2.75) is 19.8 Å². The molecule has 3 N–H and O–H groups in total. The zero-order valence-corrected chi connectivity index (χ0v) is 14.4. The van der Waals surface area contributed by atoms with E-state index in [-0.39, 0.29) is 0 Å². The van der Waals surface area contributed by atoms with Crippen molar-refractivity contribution in [1.82, 2.24) is 4.98 Å². The van der Waals surface area contributed by atoms with Gasteiger partial charge in [0.05, 0.1) is 24.9 Å². The summed E-state index contributed by atoms with van der Waals surface area (Å²) in [6.45, 7) is 2.64. The van der Waals surface area contributed by atoms with Crippen molar-refractivity contribution in [1.29, 1.82) is 0 Å². The zero-order chi connectivity index (χ0) is 16.7. The number of aromatic nitrogens is 1. The number of aliphatic imine (C=N–C) groups is 1. The lowest BCUT2D eigenvalue weighted by Gasteiger charge is -2.12. The van der Waals surface area contributed by atoms with Gasteiger partial charge in [0, 0.05) is 30.1 Å². The Bertz CT molecular complexity index is 670. The Morgan fingerprint density at radius 3 is 2.83 bits per heavy atom. The molecular formula is C16H22N4O2S. The second-order valence-electron chi connectivity index (χ2n) is 4.94. The molecule has 0 spiro atoms. The maximum Gasteiger partial charge on any atom is 0.193 e. The highest BCUT2D eigenvalue weighted by Crippen LogP contribution is 2.28. The van der Waals surface area contributed by atoms with E-state index in [1.165, 1.54) is 0 Å². The van der Waals surface area contributed by atoms with Gasteiger partial charge >= 0.3 is 0 Å². The van der Waals surface area contributed by atoms with Crippen molar-refractivity contribution in [2.24, 2.45) is 10.7 Å². The summed E-state index contributed by atoms with van der Waals surface area (Å²) in [6.07, 6.45) is 1.82. The third kappa shape index (κ3) is 5.14. The molecule has 1 aromatic carbocycles. The summed E-state index contributed by atoms with van der Waals surface area (Å²) in [4.78, 5) is 8.77. The first-order valence-corrected chi connectivity index (χ1v) is 8.20. The first-order valence-electron chi connectivity index (χ1n) is 7.32. The van der Waals surface area contributed by atoms with Crippen molar-refractivity contribution in [3.05, 3.63) is 34.3 Å². The maximum absolute atomic E-state index is 5.93. The van der Waals surface area contributed by atoms with Gasteiger partial charge in [0.25, 0.3) is 0 Å². The minimum absolute atomic E-state index is 0.354. The average molecular weight is 334 g/mol. The molecule has 2 rings (SSSR count). The molecule has 0 amide bonds. The third-order valence-corrected chi connectivity index (χ3v) is 4.19. The number of nitrogens with two attached hydrogens (primary N) is 1. The van der Waals surface area contributed by atoms with E-state index in [4.69, 9.17) is 15.2 Å². The number of hydrogen-bond acceptors (Lipinski definition) is 5. The molecule has 1 aromatic heterocycles. The second-order valence-corrected chi connectivity index (χ2v) is 5.89.